The lowest BCUT2D eigenvalue weighted by atomic mass is 10.5. The van der Waals surface area contributed by atoms with Crippen LogP contribution in [0.5, 0.6) is 0 Å². The highest BCUT2D eigenvalue weighted by molar-refractivity contribution is 4.86. The molecular formula is C10H16N2O. The van der Waals surface area contributed by atoms with Gasteiger partial charge in [0.05, 0.1) is 0 Å². The second kappa shape index (κ2) is 4.70. The lowest BCUT2D eigenvalue weighted by Crippen LogP contribution is -2.23. The van der Waals surface area contributed by atoms with Crippen LogP contribution in [0, 0.1) is 0 Å². The van der Waals surface area contributed by atoms with Gasteiger partial charge in [0.2, 0.25) is 0 Å². The van der Waals surface area contributed by atoms with Gasteiger partial charge in [-0.1, -0.05) is 19.1 Å². The molecule has 13 heavy (non-hydrogen) atoms. The maximum absolute atomic E-state index is 11.6. The summed E-state index contributed by atoms with van der Waals surface area (Å²) in [5.74, 6) is 0. The molecule has 3 heteroatoms. The van der Waals surface area contributed by atoms with Crippen LogP contribution in [0.3, 0.4) is 0 Å². The summed E-state index contributed by atoms with van der Waals surface area (Å²) in [6.45, 7) is 5.50. The van der Waals surface area contributed by atoms with E-state index < -0.39 is 0 Å². The molecule has 0 aliphatic heterocycles. The van der Waals surface area contributed by atoms with Crippen molar-refractivity contribution >= 4 is 0 Å². The van der Waals surface area contributed by atoms with Crippen molar-refractivity contribution in [1.82, 2.24) is 9.13 Å². The Labute approximate surface area is 78.3 Å². The third-order valence-corrected chi connectivity index (χ3v) is 1.92. The van der Waals surface area contributed by atoms with Gasteiger partial charge < -0.3 is 0 Å². The van der Waals surface area contributed by atoms with Crippen molar-refractivity contribution < 1.29 is 0 Å². The Bertz CT molecular complexity index is 333. The maximum atomic E-state index is 11.6. The van der Waals surface area contributed by atoms with E-state index >= 15 is 0 Å². The molecule has 1 aromatic heterocycles. The van der Waals surface area contributed by atoms with E-state index in [9.17, 15) is 4.79 Å². The van der Waals surface area contributed by atoms with Gasteiger partial charge in [0, 0.05) is 25.5 Å². The Hall–Kier alpha value is -1.25. The summed E-state index contributed by atoms with van der Waals surface area (Å²) < 4.78 is 3.44. The highest BCUT2D eigenvalue weighted by Crippen LogP contribution is 1.89. The number of imidazole rings is 1. The number of rotatable bonds is 4. The molecule has 72 valence electrons. The van der Waals surface area contributed by atoms with Crippen LogP contribution < -0.4 is 5.69 Å². The molecule has 0 fully saturated rings. The topological polar surface area (TPSA) is 26.9 Å². The summed E-state index contributed by atoms with van der Waals surface area (Å²) in [6, 6.07) is 0. The van der Waals surface area contributed by atoms with Crippen molar-refractivity contribution in [1.29, 1.82) is 0 Å². The molecule has 1 aromatic rings. The number of aromatic nitrogens is 2. The van der Waals surface area contributed by atoms with Gasteiger partial charge in [-0.3, -0.25) is 9.13 Å². The Balaban J connectivity index is 2.80. The molecule has 0 radical (unpaired) electrons. The smallest absolute Gasteiger partial charge is 0.299 e. The zero-order chi connectivity index (χ0) is 9.68. The van der Waals surface area contributed by atoms with Crippen molar-refractivity contribution in [3.63, 3.8) is 0 Å². The first kappa shape index (κ1) is 9.84. The summed E-state index contributed by atoms with van der Waals surface area (Å²) in [5, 5.41) is 0. The van der Waals surface area contributed by atoms with Gasteiger partial charge in [-0.25, -0.2) is 4.79 Å². The van der Waals surface area contributed by atoms with Crippen LogP contribution in [0.15, 0.2) is 29.3 Å². The summed E-state index contributed by atoms with van der Waals surface area (Å²) >= 11 is 0. The molecule has 0 bridgehead atoms. The van der Waals surface area contributed by atoms with E-state index in [4.69, 9.17) is 0 Å². The number of nitrogens with zero attached hydrogens (tertiary/aromatic N) is 2. The molecular weight excluding hydrogens is 164 g/mol. The van der Waals surface area contributed by atoms with Gasteiger partial charge in [-0.2, -0.15) is 0 Å². The third-order valence-electron chi connectivity index (χ3n) is 1.92. The highest BCUT2D eigenvalue weighted by atomic mass is 16.1. The molecule has 1 heterocycles. The molecule has 0 saturated carbocycles. The second-order valence-electron chi connectivity index (χ2n) is 3.00. The predicted octanol–water partition coefficient (Wildman–Crippen LogP) is 1.64. The van der Waals surface area contributed by atoms with Crippen molar-refractivity contribution in [2.75, 3.05) is 0 Å². The normalized spacial score (nSPS) is 11.2. The van der Waals surface area contributed by atoms with Crippen molar-refractivity contribution in [3.8, 4) is 0 Å². The largest absolute Gasteiger partial charge is 0.328 e. The Morgan fingerprint density at radius 2 is 2.08 bits per heavy atom. The van der Waals surface area contributed by atoms with Gasteiger partial charge in [0.1, 0.15) is 0 Å². The Kier molecular flexibility index (Phi) is 3.55. The van der Waals surface area contributed by atoms with Crippen LogP contribution in [0.25, 0.3) is 0 Å². The molecule has 0 saturated heterocycles. The molecule has 3 nitrogen and oxygen atoms in total. The fourth-order valence-corrected chi connectivity index (χ4v) is 1.22. The zero-order valence-electron chi connectivity index (χ0n) is 8.23. The SMILES string of the molecule is C/C=C/Cn1ccn(CCC)c1=O. The summed E-state index contributed by atoms with van der Waals surface area (Å²) in [6.07, 6.45) is 8.59. The van der Waals surface area contributed by atoms with Gasteiger partial charge >= 0.3 is 5.69 Å². The van der Waals surface area contributed by atoms with Crippen LogP contribution >= 0.6 is 0 Å². The first-order valence-corrected chi connectivity index (χ1v) is 4.66. The minimum atomic E-state index is 0.0833. The zero-order valence-corrected chi connectivity index (χ0v) is 8.23. The molecule has 0 amide bonds. The fourth-order valence-electron chi connectivity index (χ4n) is 1.22. The molecule has 0 N–H and O–H groups in total. The molecule has 1 rings (SSSR count). The van der Waals surface area contributed by atoms with Crippen LogP contribution in [0.1, 0.15) is 20.3 Å². The van der Waals surface area contributed by atoms with E-state index in [2.05, 4.69) is 6.92 Å². The lowest BCUT2D eigenvalue weighted by Gasteiger charge is -1.96. The summed E-state index contributed by atoms with van der Waals surface area (Å²) in [5.41, 5.74) is 0.0833. The summed E-state index contributed by atoms with van der Waals surface area (Å²) in [7, 11) is 0. The standard InChI is InChI=1S/C10H16N2O/c1-3-5-7-12-9-8-11(6-4-2)10(12)13/h3,5,8-9H,4,6-7H2,1-2H3/b5-3+. The Morgan fingerprint density at radius 3 is 2.69 bits per heavy atom. The molecule has 0 spiro atoms. The number of aryl methyl sites for hydroxylation is 1. The molecule has 0 aliphatic rings. The van der Waals surface area contributed by atoms with Gasteiger partial charge in [-0.05, 0) is 13.3 Å². The van der Waals surface area contributed by atoms with Crippen LogP contribution in [-0.4, -0.2) is 9.13 Å². The van der Waals surface area contributed by atoms with Crippen LogP contribution in [0.2, 0.25) is 0 Å². The van der Waals surface area contributed by atoms with Gasteiger partial charge in [-0.15, -0.1) is 0 Å². The quantitative estimate of drug-likeness (QED) is 0.647. The number of hydrogen-bond acceptors (Lipinski definition) is 1. The van der Waals surface area contributed by atoms with Crippen molar-refractivity contribution in [2.24, 2.45) is 0 Å². The minimum absolute atomic E-state index is 0.0833. The average Bonchev–Trinajstić information content (AvgIpc) is 2.46. The lowest BCUT2D eigenvalue weighted by molar-refractivity contribution is 0.627. The second-order valence-corrected chi connectivity index (χ2v) is 3.00. The van der Waals surface area contributed by atoms with Crippen LogP contribution in [-0.2, 0) is 13.1 Å². The van der Waals surface area contributed by atoms with Crippen molar-refractivity contribution in [3.05, 3.63) is 35.0 Å². The van der Waals surface area contributed by atoms with Gasteiger partial charge in [0.15, 0.2) is 0 Å². The molecule has 0 aromatic carbocycles. The number of hydrogen-bond donors (Lipinski definition) is 0. The van der Waals surface area contributed by atoms with E-state index in [-0.39, 0.29) is 5.69 Å². The van der Waals surface area contributed by atoms with E-state index in [1.807, 2.05) is 31.5 Å². The molecule has 0 unspecified atom stereocenters. The van der Waals surface area contributed by atoms with Crippen molar-refractivity contribution in [2.45, 2.75) is 33.4 Å². The monoisotopic (exact) mass is 180 g/mol. The van der Waals surface area contributed by atoms with Gasteiger partial charge in [0.25, 0.3) is 0 Å². The van der Waals surface area contributed by atoms with E-state index in [0.717, 1.165) is 13.0 Å². The average molecular weight is 180 g/mol. The predicted molar refractivity (Wildman–Crippen MR) is 53.8 cm³/mol. The fraction of sp³-hybridized carbons (Fsp3) is 0.500. The highest BCUT2D eigenvalue weighted by Gasteiger charge is 1.99. The maximum Gasteiger partial charge on any atom is 0.328 e. The summed E-state index contributed by atoms with van der Waals surface area (Å²) in [4.78, 5) is 11.6. The molecule has 0 atom stereocenters. The minimum Gasteiger partial charge on any atom is -0.299 e. The number of allylic oxidation sites excluding steroid dienone is 2. The van der Waals surface area contributed by atoms with E-state index in [1.165, 1.54) is 0 Å². The van der Waals surface area contributed by atoms with E-state index in [1.54, 1.807) is 9.13 Å². The van der Waals surface area contributed by atoms with E-state index in [0.29, 0.717) is 6.54 Å². The first-order valence-electron chi connectivity index (χ1n) is 4.66. The first-order chi connectivity index (χ1) is 6.29. The van der Waals surface area contributed by atoms with Crippen LogP contribution in [0.4, 0.5) is 0 Å². The Morgan fingerprint density at radius 1 is 1.38 bits per heavy atom. The third kappa shape index (κ3) is 2.34. The molecule has 0 aliphatic carbocycles.